The molecule has 0 spiro atoms. The summed E-state index contributed by atoms with van der Waals surface area (Å²) in [6.45, 7) is 6.02. The first-order valence-electron chi connectivity index (χ1n) is 6.13. The van der Waals surface area contributed by atoms with Gasteiger partial charge < -0.3 is 9.64 Å². The van der Waals surface area contributed by atoms with Crippen LogP contribution in [0.5, 0.6) is 0 Å². The van der Waals surface area contributed by atoms with Gasteiger partial charge in [0.25, 0.3) is 0 Å². The summed E-state index contributed by atoms with van der Waals surface area (Å²) in [6.07, 6.45) is 1.95. The predicted octanol–water partition coefficient (Wildman–Crippen LogP) is 2.50. The Morgan fingerprint density at radius 2 is 2.06 bits per heavy atom. The van der Waals surface area contributed by atoms with Crippen molar-refractivity contribution in [1.29, 1.82) is 0 Å². The minimum Gasteiger partial charge on any atom is -0.379 e. The number of nitrogens with zero attached hydrogens (tertiary/aromatic N) is 1. The van der Waals surface area contributed by atoms with Crippen molar-refractivity contribution in [3.8, 4) is 0 Å². The van der Waals surface area contributed by atoms with Gasteiger partial charge in [-0.1, -0.05) is 0 Å². The van der Waals surface area contributed by atoms with Crippen molar-refractivity contribution in [2.45, 2.75) is 32.4 Å². The molecule has 0 amide bonds. The van der Waals surface area contributed by atoms with E-state index in [4.69, 9.17) is 4.74 Å². The monoisotopic (exact) mass is 233 g/mol. The van der Waals surface area contributed by atoms with Crippen LogP contribution in [0.3, 0.4) is 0 Å². The molecule has 1 aliphatic rings. The first-order chi connectivity index (χ1) is 8.22. The molecule has 0 bridgehead atoms. The molecule has 2 rings (SSSR count). The summed E-state index contributed by atoms with van der Waals surface area (Å²) in [4.78, 5) is 13.0. The fourth-order valence-electron chi connectivity index (χ4n) is 2.40. The number of rotatable bonds is 4. The number of hydrogen-bond acceptors (Lipinski definition) is 3. The molecule has 3 heteroatoms. The molecule has 1 aromatic rings. The number of carbonyl (C=O) groups is 1. The Labute approximate surface area is 102 Å². The van der Waals surface area contributed by atoms with E-state index < -0.39 is 0 Å². The molecule has 0 aliphatic carbocycles. The molecule has 1 heterocycles. The Morgan fingerprint density at radius 3 is 2.53 bits per heavy atom. The van der Waals surface area contributed by atoms with E-state index >= 15 is 0 Å². The van der Waals surface area contributed by atoms with Crippen LogP contribution in [0.15, 0.2) is 24.3 Å². The fraction of sp³-hybridized carbons (Fsp3) is 0.500. The first kappa shape index (κ1) is 12.1. The second-order valence-electron chi connectivity index (χ2n) is 4.73. The smallest absolute Gasteiger partial charge is 0.150 e. The molecule has 0 aromatic heterocycles. The zero-order valence-corrected chi connectivity index (χ0v) is 10.4. The van der Waals surface area contributed by atoms with Gasteiger partial charge in [0.1, 0.15) is 6.29 Å². The van der Waals surface area contributed by atoms with Gasteiger partial charge >= 0.3 is 0 Å². The van der Waals surface area contributed by atoms with E-state index in [1.165, 1.54) is 5.69 Å². The van der Waals surface area contributed by atoms with Gasteiger partial charge in [0.15, 0.2) is 0 Å². The van der Waals surface area contributed by atoms with Crippen LogP contribution in [0.2, 0.25) is 0 Å². The molecule has 1 atom stereocenters. The summed E-state index contributed by atoms with van der Waals surface area (Å²) in [5.74, 6) is 0. The van der Waals surface area contributed by atoms with E-state index in [2.05, 4.69) is 18.7 Å². The van der Waals surface area contributed by atoms with E-state index in [1.54, 1.807) is 0 Å². The van der Waals surface area contributed by atoms with Gasteiger partial charge in [-0.25, -0.2) is 0 Å². The maximum atomic E-state index is 10.6. The number of carbonyl (C=O) groups excluding carboxylic acids is 1. The molecule has 0 saturated carbocycles. The van der Waals surface area contributed by atoms with E-state index in [0.29, 0.717) is 12.1 Å². The van der Waals surface area contributed by atoms with E-state index in [0.717, 1.165) is 31.5 Å². The molecular weight excluding hydrogens is 214 g/mol. The Kier molecular flexibility index (Phi) is 3.79. The highest BCUT2D eigenvalue weighted by atomic mass is 16.5. The number of ether oxygens (including phenoxy) is 1. The predicted molar refractivity (Wildman–Crippen MR) is 68.7 cm³/mol. The fourth-order valence-corrected chi connectivity index (χ4v) is 2.40. The third kappa shape index (κ3) is 2.67. The summed E-state index contributed by atoms with van der Waals surface area (Å²) in [5, 5.41) is 0. The quantitative estimate of drug-likeness (QED) is 0.748. The molecule has 1 aromatic carbocycles. The lowest BCUT2D eigenvalue weighted by atomic mass is 10.1. The van der Waals surface area contributed by atoms with Crippen LogP contribution in [0.25, 0.3) is 0 Å². The zero-order chi connectivity index (χ0) is 12.3. The van der Waals surface area contributed by atoms with Gasteiger partial charge in [-0.05, 0) is 44.5 Å². The third-order valence-corrected chi connectivity index (χ3v) is 3.18. The van der Waals surface area contributed by atoms with Crippen molar-refractivity contribution in [1.82, 2.24) is 0 Å². The van der Waals surface area contributed by atoms with Crippen molar-refractivity contribution in [2.24, 2.45) is 0 Å². The minimum absolute atomic E-state index is 0.434. The van der Waals surface area contributed by atoms with Crippen molar-refractivity contribution in [3.05, 3.63) is 29.8 Å². The second kappa shape index (κ2) is 5.32. The lowest BCUT2D eigenvalue weighted by molar-refractivity contribution is 0.112. The van der Waals surface area contributed by atoms with Crippen molar-refractivity contribution in [2.75, 3.05) is 18.1 Å². The Hall–Kier alpha value is -1.35. The highest BCUT2D eigenvalue weighted by Crippen LogP contribution is 2.24. The summed E-state index contributed by atoms with van der Waals surface area (Å²) in [6, 6.07) is 8.66. The number of aldehydes is 1. The number of anilines is 1. The topological polar surface area (TPSA) is 29.5 Å². The maximum absolute atomic E-state index is 10.6. The van der Waals surface area contributed by atoms with Gasteiger partial charge in [-0.15, -0.1) is 0 Å². The summed E-state index contributed by atoms with van der Waals surface area (Å²) < 4.78 is 5.46. The summed E-state index contributed by atoms with van der Waals surface area (Å²) in [5.41, 5.74) is 1.89. The number of benzene rings is 1. The van der Waals surface area contributed by atoms with Gasteiger partial charge in [-0.3, -0.25) is 4.79 Å². The Balaban J connectivity index is 2.21. The van der Waals surface area contributed by atoms with Crippen molar-refractivity contribution >= 4 is 12.0 Å². The molecule has 17 heavy (non-hydrogen) atoms. The lowest BCUT2D eigenvalue weighted by Gasteiger charge is -2.34. The molecule has 1 unspecified atom stereocenters. The zero-order valence-electron chi connectivity index (χ0n) is 10.4. The van der Waals surface area contributed by atoms with E-state index in [9.17, 15) is 4.79 Å². The summed E-state index contributed by atoms with van der Waals surface area (Å²) >= 11 is 0. The molecule has 0 radical (unpaired) electrons. The average molecular weight is 233 g/mol. The molecule has 3 nitrogen and oxygen atoms in total. The van der Waals surface area contributed by atoms with Crippen LogP contribution in [0, 0.1) is 0 Å². The molecule has 92 valence electrons. The Morgan fingerprint density at radius 1 is 1.35 bits per heavy atom. The highest BCUT2D eigenvalue weighted by molar-refractivity contribution is 5.75. The first-order valence-corrected chi connectivity index (χ1v) is 6.13. The van der Waals surface area contributed by atoms with Crippen LogP contribution in [-0.2, 0) is 4.74 Å². The number of hydrogen-bond donors (Lipinski definition) is 0. The molecule has 0 N–H and O–H groups in total. The van der Waals surface area contributed by atoms with Crippen molar-refractivity contribution in [3.63, 3.8) is 0 Å². The maximum Gasteiger partial charge on any atom is 0.150 e. The van der Waals surface area contributed by atoms with Gasteiger partial charge in [0, 0.05) is 23.9 Å². The van der Waals surface area contributed by atoms with Gasteiger partial charge in [0.05, 0.1) is 12.6 Å². The Bertz CT molecular complexity index is 366. The third-order valence-electron chi connectivity index (χ3n) is 3.18. The highest BCUT2D eigenvalue weighted by Gasteiger charge is 2.25. The average Bonchev–Trinajstić information content (AvgIpc) is 2.83. The standard InChI is InChI=1S/C14H19NO2/c1-11(2)15(14-7-8-17-10-14)13-5-3-12(9-16)4-6-13/h3-6,9,11,14H,7-8,10H2,1-2H3. The van der Waals surface area contributed by atoms with Gasteiger partial charge in [-0.2, -0.15) is 0 Å². The molecule has 1 aliphatic heterocycles. The largest absolute Gasteiger partial charge is 0.379 e. The molecule has 1 saturated heterocycles. The van der Waals surface area contributed by atoms with Crippen LogP contribution < -0.4 is 4.90 Å². The van der Waals surface area contributed by atoms with Crippen LogP contribution >= 0.6 is 0 Å². The van der Waals surface area contributed by atoms with E-state index in [-0.39, 0.29) is 0 Å². The minimum atomic E-state index is 0.434. The lowest BCUT2D eigenvalue weighted by Crippen LogP contribution is -2.41. The van der Waals surface area contributed by atoms with Crippen LogP contribution in [0.4, 0.5) is 5.69 Å². The normalized spacial score (nSPS) is 19.6. The summed E-state index contributed by atoms with van der Waals surface area (Å²) in [7, 11) is 0. The van der Waals surface area contributed by atoms with Crippen LogP contribution in [0.1, 0.15) is 30.6 Å². The van der Waals surface area contributed by atoms with Crippen LogP contribution in [-0.4, -0.2) is 31.6 Å². The van der Waals surface area contributed by atoms with E-state index in [1.807, 2.05) is 24.3 Å². The molecular formula is C14H19NO2. The SMILES string of the molecule is CC(C)N(c1ccc(C=O)cc1)C1CCOC1. The second-order valence-corrected chi connectivity index (χ2v) is 4.73. The van der Waals surface area contributed by atoms with Crippen molar-refractivity contribution < 1.29 is 9.53 Å². The molecule has 1 fully saturated rings. The van der Waals surface area contributed by atoms with Gasteiger partial charge in [0.2, 0.25) is 0 Å².